The Morgan fingerprint density at radius 1 is 0.348 bits per heavy atom. The highest BCUT2D eigenvalue weighted by Gasteiger charge is 2.38. The molecule has 6 saturated carbocycles. The minimum atomic E-state index is 0. The summed E-state index contributed by atoms with van der Waals surface area (Å²) in [7, 11) is 9.00. The van der Waals surface area contributed by atoms with Crippen LogP contribution in [0.2, 0.25) is 13.6 Å². The molecule has 9 unspecified atom stereocenters. The fourth-order valence-corrected chi connectivity index (χ4v) is 11.3. The lowest BCUT2D eigenvalue weighted by atomic mass is 9.63. The standard InChI is InChI=1S/2C13H24.C12H22.C2H6.2CH3B.2CH4.H2/c2*1-10(2)12-9-5-7-11-6-3-4-8-13(11)12;1-9(2)11-7-3-5-10-6-4-8-12(10)11;3*1-2;;;/h2*10-13H,3-9H2,1-2H3;9-12H,3-8H2,1-2H3;1-2H3;2*1H3;2*1H4;1H. The van der Waals surface area contributed by atoms with E-state index in [1.165, 1.54) is 84.3 Å². The molecule has 0 aromatic heterocycles. The zero-order valence-corrected chi connectivity index (χ0v) is 32.2. The zero-order chi connectivity index (χ0) is 33.1. The normalized spacial score (nSPS) is 34.1. The monoisotopic (exact) mass is 643 g/mol. The highest BCUT2D eigenvalue weighted by atomic mass is 14.4. The van der Waals surface area contributed by atoms with Crippen LogP contribution in [0, 0.1) is 71.0 Å². The molecule has 0 bridgehead atoms. The Morgan fingerprint density at radius 2 is 0.543 bits per heavy atom. The topological polar surface area (TPSA) is 0 Å². The minimum absolute atomic E-state index is 0. The van der Waals surface area contributed by atoms with Crippen LogP contribution in [-0.2, 0) is 0 Å². The molecule has 0 heterocycles. The van der Waals surface area contributed by atoms with Crippen LogP contribution < -0.4 is 0 Å². The van der Waals surface area contributed by atoms with Gasteiger partial charge >= 0.3 is 0 Å². The van der Waals surface area contributed by atoms with Crippen LogP contribution >= 0.6 is 0 Å². The van der Waals surface area contributed by atoms with E-state index in [0.717, 1.165) is 71.0 Å². The summed E-state index contributed by atoms with van der Waals surface area (Å²) in [6.07, 6.45) is 30.7. The molecule has 0 aromatic rings. The van der Waals surface area contributed by atoms with Crippen molar-refractivity contribution in [2.24, 2.45) is 71.0 Å². The number of hydrogen-bond donors (Lipinski definition) is 0. The lowest BCUT2D eigenvalue weighted by Crippen LogP contribution is -2.33. The molecule has 0 saturated heterocycles. The van der Waals surface area contributed by atoms with Crippen LogP contribution in [0.25, 0.3) is 0 Å². The molecular formula is C44H92B2. The number of fused-ring (bicyclic) bond motifs is 3. The van der Waals surface area contributed by atoms with E-state index in [1.807, 2.05) is 13.8 Å². The van der Waals surface area contributed by atoms with E-state index in [9.17, 15) is 0 Å². The van der Waals surface area contributed by atoms with Crippen LogP contribution in [-0.4, -0.2) is 15.7 Å². The van der Waals surface area contributed by atoms with Gasteiger partial charge in [-0.25, -0.2) is 0 Å². The highest BCUT2D eigenvalue weighted by molar-refractivity contribution is 6.05. The first-order chi connectivity index (χ1) is 21.4. The largest absolute Gasteiger partial charge is 0.0999 e. The van der Waals surface area contributed by atoms with Crippen molar-refractivity contribution in [1.29, 1.82) is 0 Å². The molecular weight excluding hydrogens is 550 g/mol. The lowest BCUT2D eigenvalue weighted by Gasteiger charge is -2.43. The summed E-state index contributed by atoms with van der Waals surface area (Å²) in [5.74, 6) is 12.7. The van der Waals surface area contributed by atoms with Gasteiger partial charge in [0.15, 0.2) is 0 Å². The van der Waals surface area contributed by atoms with Crippen molar-refractivity contribution in [3.05, 3.63) is 0 Å². The van der Waals surface area contributed by atoms with Gasteiger partial charge in [0.05, 0.1) is 15.7 Å². The van der Waals surface area contributed by atoms with Crippen molar-refractivity contribution < 1.29 is 1.43 Å². The van der Waals surface area contributed by atoms with Crippen molar-refractivity contribution in [1.82, 2.24) is 0 Å². The maximum atomic E-state index is 4.50. The maximum Gasteiger partial charge on any atom is 0.0606 e. The fraction of sp³-hybridized carbons (Fsp3) is 1.00. The van der Waals surface area contributed by atoms with Gasteiger partial charge in [-0.15, -0.1) is 0 Å². The minimum Gasteiger partial charge on any atom is -0.0999 e. The molecule has 0 spiro atoms. The maximum absolute atomic E-state index is 4.50. The van der Waals surface area contributed by atoms with Gasteiger partial charge in [-0.2, -0.15) is 0 Å². The summed E-state index contributed by atoms with van der Waals surface area (Å²) in [6.45, 7) is 21.6. The van der Waals surface area contributed by atoms with E-state index < -0.39 is 0 Å². The zero-order valence-electron chi connectivity index (χ0n) is 32.2. The van der Waals surface area contributed by atoms with Crippen LogP contribution in [0.5, 0.6) is 0 Å². The Morgan fingerprint density at radius 3 is 0.804 bits per heavy atom. The summed E-state index contributed by atoms with van der Waals surface area (Å²) in [4.78, 5) is 0. The number of hydrogen-bond acceptors (Lipinski definition) is 0. The van der Waals surface area contributed by atoms with Crippen LogP contribution in [0.1, 0.15) is 200 Å². The van der Waals surface area contributed by atoms with Crippen molar-refractivity contribution in [3.8, 4) is 0 Å². The molecule has 0 nitrogen and oxygen atoms in total. The van der Waals surface area contributed by atoms with Crippen molar-refractivity contribution in [2.75, 3.05) is 0 Å². The third-order valence-corrected chi connectivity index (χ3v) is 13.2. The molecule has 0 aromatic carbocycles. The summed E-state index contributed by atoms with van der Waals surface area (Å²) < 4.78 is 0. The molecule has 0 aliphatic heterocycles. The van der Waals surface area contributed by atoms with Crippen LogP contribution in [0.4, 0.5) is 0 Å². The second-order valence-electron chi connectivity index (χ2n) is 16.3. The SMILES string of the molecule is C.C.CC.CC(C)C1CCCC2CCCC21.CC(C)C1CCCC2CCCCC21.CC(C)C1CCCC2CCCCC21.[B]C.[B]C.[HH]. The smallest absolute Gasteiger partial charge is 0.0606 e. The summed E-state index contributed by atoms with van der Waals surface area (Å²) >= 11 is 0. The van der Waals surface area contributed by atoms with Gasteiger partial charge in [0.25, 0.3) is 0 Å². The molecule has 0 amide bonds. The van der Waals surface area contributed by atoms with Crippen LogP contribution in [0.3, 0.4) is 0 Å². The Hall–Kier alpha value is 0.130. The Balaban J connectivity index is -0.000000555. The molecule has 6 aliphatic rings. The van der Waals surface area contributed by atoms with E-state index in [1.54, 1.807) is 57.8 Å². The highest BCUT2D eigenvalue weighted by Crippen LogP contribution is 2.49. The van der Waals surface area contributed by atoms with E-state index in [0.29, 0.717) is 0 Å². The predicted molar refractivity (Wildman–Crippen MR) is 218 cm³/mol. The molecule has 9 atom stereocenters. The van der Waals surface area contributed by atoms with Gasteiger partial charge in [0.1, 0.15) is 0 Å². The second-order valence-corrected chi connectivity index (χ2v) is 16.3. The van der Waals surface area contributed by atoms with Crippen molar-refractivity contribution in [2.45, 2.75) is 212 Å². The molecule has 0 N–H and O–H groups in total. The van der Waals surface area contributed by atoms with E-state index in [2.05, 4.69) is 57.2 Å². The summed E-state index contributed by atoms with van der Waals surface area (Å²) in [5, 5.41) is 0. The molecule has 274 valence electrons. The first kappa shape index (κ1) is 48.2. The first-order valence-corrected chi connectivity index (χ1v) is 20.5. The van der Waals surface area contributed by atoms with Gasteiger partial charge in [-0.1, -0.05) is 174 Å². The fourth-order valence-electron chi connectivity index (χ4n) is 11.3. The molecule has 2 heteroatoms. The Labute approximate surface area is 299 Å². The van der Waals surface area contributed by atoms with Crippen molar-refractivity contribution in [3.63, 3.8) is 0 Å². The van der Waals surface area contributed by atoms with Crippen molar-refractivity contribution >= 4 is 15.7 Å². The molecule has 6 aliphatic carbocycles. The Kier molecular flexibility index (Phi) is 29.3. The number of rotatable bonds is 3. The van der Waals surface area contributed by atoms with Gasteiger partial charge in [0, 0.05) is 1.43 Å². The van der Waals surface area contributed by atoms with Gasteiger partial charge in [-0.05, 0) is 110 Å². The molecule has 4 radical (unpaired) electrons. The quantitative estimate of drug-likeness (QED) is 0.269. The molecule has 6 rings (SSSR count). The third-order valence-electron chi connectivity index (χ3n) is 13.2. The van der Waals surface area contributed by atoms with Gasteiger partial charge < -0.3 is 0 Å². The third kappa shape index (κ3) is 14.9. The molecule has 46 heavy (non-hydrogen) atoms. The second kappa shape index (κ2) is 27.9. The van der Waals surface area contributed by atoms with Gasteiger partial charge in [-0.3, -0.25) is 0 Å². The first-order valence-electron chi connectivity index (χ1n) is 20.5. The average molecular weight is 643 g/mol. The van der Waals surface area contributed by atoms with E-state index in [4.69, 9.17) is 0 Å². The Bertz CT molecular complexity index is 621. The van der Waals surface area contributed by atoms with E-state index in [-0.39, 0.29) is 16.3 Å². The van der Waals surface area contributed by atoms with E-state index >= 15 is 0 Å². The summed E-state index contributed by atoms with van der Waals surface area (Å²) in [5.41, 5.74) is 0. The molecule has 6 fully saturated rings. The lowest BCUT2D eigenvalue weighted by molar-refractivity contribution is 0.0747. The summed E-state index contributed by atoms with van der Waals surface area (Å²) in [6, 6.07) is 0. The average Bonchev–Trinajstić information content (AvgIpc) is 3.57. The van der Waals surface area contributed by atoms with Crippen LogP contribution in [0.15, 0.2) is 0 Å². The predicted octanol–water partition coefficient (Wildman–Crippen LogP) is 15.3. The van der Waals surface area contributed by atoms with Gasteiger partial charge in [0.2, 0.25) is 0 Å².